The van der Waals surface area contributed by atoms with Crippen molar-refractivity contribution in [3.63, 3.8) is 0 Å². The molecule has 3 rings (SSSR count). The number of halogens is 1. The number of thiophene rings is 1. The first-order chi connectivity index (χ1) is 10.1. The second-order valence-electron chi connectivity index (χ2n) is 5.18. The Morgan fingerprint density at radius 2 is 2.29 bits per heavy atom. The molecule has 0 saturated heterocycles. The molecule has 0 aliphatic heterocycles. The van der Waals surface area contributed by atoms with Gasteiger partial charge in [-0.25, -0.2) is 0 Å². The van der Waals surface area contributed by atoms with E-state index in [1.807, 2.05) is 17.4 Å². The van der Waals surface area contributed by atoms with Crippen LogP contribution in [0.25, 0.3) is 0 Å². The van der Waals surface area contributed by atoms with E-state index in [0.717, 1.165) is 18.4 Å². The number of non-ortho nitro benzene ring substituents is 1. The maximum absolute atomic E-state index is 10.8. The van der Waals surface area contributed by atoms with E-state index in [1.54, 1.807) is 12.1 Å². The van der Waals surface area contributed by atoms with Crippen molar-refractivity contribution in [2.75, 3.05) is 0 Å². The van der Waals surface area contributed by atoms with Gasteiger partial charge in [-0.2, -0.15) is 0 Å². The molecule has 0 amide bonds. The molecular formula is C15H15BrN2O2S. The Morgan fingerprint density at radius 1 is 1.43 bits per heavy atom. The lowest BCUT2D eigenvalue weighted by Crippen LogP contribution is -2.23. The van der Waals surface area contributed by atoms with E-state index in [2.05, 4.69) is 27.3 Å². The highest BCUT2D eigenvalue weighted by Gasteiger charge is 2.22. The third-order valence-electron chi connectivity index (χ3n) is 3.76. The fourth-order valence-corrected chi connectivity index (χ4v) is 4.57. The van der Waals surface area contributed by atoms with Crippen LogP contribution in [-0.2, 0) is 13.0 Å². The Morgan fingerprint density at radius 3 is 3.10 bits per heavy atom. The molecule has 21 heavy (non-hydrogen) atoms. The Balaban J connectivity index is 1.71. The van der Waals surface area contributed by atoms with Gasteiger partial charge in [0.2, 0.25) is 0 Å². The zero-order valence-corrected chi connectivity index (χ0v) is 13.7. The molecule has 4 nitrogen and oxygen atoms in total. The third kappa shape index (κ3) is 3.33. The van der Waals surface area contributed by atoms with Crippen LogP contribution >= 0.6 is 27.3 Å². The fourth-order valence-electron chi connectivity index (χ4n) is 2.75. The van der Waals surface area contributed by atoms with E-state index >= 15 is 0 Å². The van der Waals surface area contributed by atoms with Crippen molar-refractivity contribution >= 4 is 33.0 Å². The predicted molar refractivity (Wildman–Crippen MR) is 87.6 cm³/mol. The van der Waals surface area contributed by atoms with Crippen LogP contribution in [0, 0.1) is 10.1 Å². The van der Waals surface area contributed by atoms with E-state index in [-0.39, 0.29) is 10.6 Å². The maximum atomic E-state index is 10.8. The van der Waals surface area contributed by atoms with Gasteiger partial charge in [0.25, 0.3) is 5.69 Å². The van der Waals surface area contributed by atoms with Gasteiger partial charge in [-0.1, -0.05) is 12.1 Å². The van der Waals surface area contributed by atoms with Crippen molar-refractivity contribution < 1.29 is 4.92 Å². The molecule has 0 fully saturated rings. The Labute approximate surface area is 135 Å². The van der Waals surface area contributed by atoms with Gasteiger partial charge >= 0.3 is 0 Å². The number of nitrogens with zero attached hydrogens (tertiary/aromatic N) is 1. The summed E-state index contributed by atoms with van der Waals surface area (Å²) in [6, 6.07) is 9.37. The summed E-state index contributed by atoms with van der Waals surface area (Å²) in [6.45, 7) is 0.652. The van der Waals surface area contributed by atoms with Gasteiger partial charge in [-0.05, 0) is 52.4 Å². The van der Waals surface area contributed by atoms with Crippen LogP contribution in [-0.4, -0.2) is 4.92 Å². The van der Waals surface area contributed by atoms with E-state index in [1.165, 1.54) is 26.7 Å². The monoisotopic (exact) mass is 366 g/mol. The Hall–Kier alpha value is -1.24. The van der Waals surface area contributed by atoms with Gasteiger partial charge in [0.05, 0.1) is 8.71 Å². The summed E-state index contributed by atoms with van der Waals surface area (Å²) >= 11 is 5.37. The summed E-state index contributed by atoms with van der Waals surface area (Å²) in [4.78, 5) is 11.9. The van der Waals surface area contributed by atoms with E-state index in [9.17, 15) is 10.1 Å². The minimum atomic E-state index is -0.349. The van der Waals surface area contributed by atoms with E-state index in [0.29, 0.717) is 12.6 Å². The second kappa shape index (κ2) is 6.25. The first-order valence-corrected chi connectivity index (χ1v) is 8.49. The molecule has 1 N–H and O–H groups in total. The summed E-state index contributed by atoms with van der Waals surface area (Å²) in [6.07, 6.45) is 3.46. The van der Waals surface area contributed by atoms with Crippen molar-refractivity contribution in [1.82, 2.24) is 5.32 Å². The molecule has 6 heteroatoms. The van der Waals surface area contributed by atoms with Crippen molar-refractivity contribution in [2.45, 2.75) is 31.8 Å². The number of hydrogen-bond acceptors (Lipinski definition) is 4. The van der Waals surface area contributed by atoms with Crippen LogP contribution in [0.2, 0.25) is 0 Å². The Bertz CT molecular complexity index is 671. The summed E-state index contributed by atoms with van der Waals surface area (Å²) in [5.74, 6) is 0. The average Bonchev–Trinajstić information content (AvgIpc) is 2.86. The number of aryl methyl sites for hydroxylation is 1. The van der Waals surface area contributed by atoms with Crippen molar-refractivity contribution in [3.05, 3.63) is 60.2 Å². The largest absolute Gasteiger partial charge is 0.306 e. The van der Waals surface area contributed by atoms with E-state index < -0.39 is 0 Å². The highest BCUT2D eigenvalue weighted by Crippen LogP contribution is 2.38. The molecule has 1 atom stereocenters. The topological polar surface area (TPSA) is 55.2 Å². The van der Waals surface area contributed by atoms with Gasteiger partial charge in [0.15, 0.2) is 0 Å². The third-order valence-corrected chi connectivity index (χ3v) is 5.47. The molecule has 1 heterocycles. The van der Waals surface area contributed by atoms with E-state index in [4.69, 9.17) is 0 Å². The minimum absolute atomic E-state index is 0.150. The standard InChI is InChI=1S/C15H15BrN2O2S/c16-15-8-12-13(5-2-6-14(12)21-15)17-9-10-3-1-4-11(7-10)18(19)20/h1,3-4,7-8,13,17H,2,5-6,9H2. The zero-order valence-electron chi connectivity index (χ0n) is 11.3. The van der Waals surface area contributed by atoms with Crippen LogP contribution in [0.4, 0.5) is 5.69 Å². The fraction of sp³-hybridized carbons (Fsp3) is 0.333. The molecule has 0 spiro atoms. The lowest BCUT2D eigenvalue weighted by atomic mass is 9.94. The molecule has 0 bridgehead atoms. The normalized spacial score (nSPS) is 17.5. The molecular weight excluding hydrogens is 352 g/mol. The lowest BCUT2D eigenvalue weighted by Gasteiger charge is -2.23. The average molecular weight is 367 g/mol. The number of nitrogens with one attached hydrogen (secondary N) is 1. The molecule has 1 aliphatic carbocycles. The first-order valence-electron chi connectivity index (χ1n) is 6.88. The molecule has 1 aromatic carbocycles. The highest BCUT2D eigenvalue weighted by molar-refractivity contribution is 9.11. The van der Waals surface area contributed by atoms with Crippen LogP contribution in [0.1, 0.15) is 34.9 Å². The first kappa shape index (κ1) is 14.7. The smallest absolute Gasteiger partial charge is 0.269 e. The number of fused-ring (bicyclic) bond motifs is 1. The summed E-state index contributed by atoms with van der Waals surface area (Å²) in [7, 11) is 0. The number of hydrogen-bond donors (Lipinski definition) is 1. The SMILES string of the molecule is O=[N+]([O-])c1cccc(CNC2CCCc3sc(Br)cc32)c1. The van der Waals surface area contributed by atoms with Crippen molar-refractivity contribution in [3.8, 4) is 0 Å². The number of nitro groups is 1. The molecule has 110 valence electrons. The van der Waals surface area contributed by atoms with Gasteiger partial charge < -0.3 is 5.32 Å². The molecule has 2 aromatic rings. The van der Waals surface area contributed by atoms with Crippen molar-refractivity contribution in [1.29, 1.82) is 0 Å². The number of rotatable bonds is 4. The number of nitro benzene ring substituents is 1. The molecule has 0 radical (unpaired) electrons. The van der Waals surface area contributed by atoms with Crippen LogP contribution in [0.15, 0.2) is 34.1 Å². The van der Waals surface area contributed by atoms with Gasteiger partial charge in [-0.3, -0.25) is 10.1 Å². The Kier molecular flexibility index (Phi) is 4.37. The lowest BCUT2D eigenvalue weighted by molar-refractivity contribution is -0.384. The summed E-state index contributed by atoms with van der Waals surface area (Å²) in [5, 5.41) is 14.3. The van der Waals surface area contributed by atoms with Crippen LogP contribution in [0.3, 0.4) is 0 Å². The number of benzene rings is 1. The quantitative estimate of drug-likeness (QED) is 0.635. The summed E-state index contributed by atoms with van der Waals surface area (Å²) in [5.41, 5.74) is 2.48. The van der Waals surface area contributed by atoms with Crippen molar-refractivity contribution in [2.24, 2.45) is 0 Å². The predicted octanol–water partition coefficient (Wildman–Crippen LogP) is 4.59. The van der Waals surface area contributed by atoms with Crippen LogP contribution < -0.4 is 5.32 Å². The molecule has 1 aliphatic rings. The van der Waals surface area contributed by atoms with Gasteiger partial charge in [-0.15, -0.1) is 11.3 Å². The van der Waals surface area contributed by atoms with Gasteiger partial charge in [0.1, 0.15) is 0 Å². The van der Waals surface area contributed by atoms with Crippen LogP contribution in [0.5, 0.6) is 0 Å². The highest BCUT2D eigenvalue weighted by atomic mass is 79.9. The maximum Gasteiger partial charge on any atom is 0.269 e. The molecule has 1 aromatic heterocycles. The second-order valence-corrected chi connectivity index (χ2v) is 7.70. The molecule has 1 unspecified atom stereocenters. The summed E-state index contributed by atoms with van der Waals surface area (Å²) < 4.78 is 1.18. The minimum Gasteiger partial charge on any atom is -0.306 e. The van der Waals surface area contributed by atoms with Gasteiger partial charge in [0, 0.05) is 29.6 Å². The zero-order chi connectivity index (χ0) is 14.8. The molecule has 0 saturated carbocycles.